The highest BCUT2D eigenvalue weighted by Gasteiger charge is 2.09. The van der Waals surface area contributed by atoms with Gasteiger partial charge in [0.2, 0.25) is 0 Å². The third-order valence-electron chi connectivity index (χ3n) is 5.21. The summed E-state index contributed by atoms with van der Waals surface area (Å²) in [4.78, 5) is 7.33. The topological polar surface area (TPSA) is 37.4 Å². The zero-order valence-corrected chi connectivity index (χ0v) is 15.5. The zero-order chi connectivity index (χ0) is 17.8. The lowest BCUT2D eigenvalue weighted by atomic mass is 10.0. The third kappa shape index (κ3) is 3.81. The van der Waals surface area contributed by atoms with E-state index in [1.807, 2.05) is 0 Å². The largest absolute Gasteiger partial charge is 0.379 e. The number of nitrogens with one attached hydrogen (secondary N) is 1. The fraction of sp³-hybridized carbons (Fsp3) is 0.409. The Morgan fingerprint density at radius 2 is 1.92 bits per heavy atom. The number of anilines is 1. The molecule has 1 aliphatic heterocycles. The molecule has 0 aliphatic carbocycles. The summed E-state index contributed by atoms with van der Waals surface area (Å²) in [6, 6.07) is 15.0. The first kappa shape index (κ1) is 17.3. The van der Waals surface area contributed by atoms with E-state index in [0.29, 0.717) is 0 Å². The lowest BCUT2D eigenvalue weighted by Crippen LogP contribution is -2.36. The van der Waals surface area contributed by atoms with Gasteiger partial charge >= 0.3 is 0 Å². The van der Waals surface area contributed by atoms with Gasteiger partial charge in [-0.2, -0.15) is 0 Å². The van der Waals surface area contributed by atoms with Crippen LogP contribution in [0.4, 0.5) is 5.82 Å². The summed E-state index contributed by atoms with van der Waals surface area (Å²) < 4.78 is 5.40. The molecule has 0 unspecified atom stereocenters. The van der Waals surface area contributed by atoms with Gasteiger partial charge < -0.3 is 10.1 Å². The normalized spacial score (nSPS) is 15.6. The first-order valence-electron chi connectivity index (χ1n) is 9.64. The summed E-state index contributed by atoms with van der Waals surface area (Å²) in [7, 11) is 0. The summed E-state index contributed by atoms with van der Waals surface area (Å²) in [6.07, 6.45) is 2.37. The van der Waals surface area contributed by atoms with E-state index in [9.17, 15) is 0 Å². The average molecular weight is 349 g/mol. The highest BCUT2D eigenvalue weighted by molar-refractivity contribution is 6.08. The van der Waals surface area contributed by atoms with Crippen LogP contribution in [0.15, 0.2) is 42.5 Å². The first-order chi connectivity index (χ1) is 12.8. The number of aromatic nitrogens is 1. The van der Waals surface area contributed by atoms with Crippen molar-refractivity contribution in [3.8, 4) is 0 Å². The number of nitrogens with zero attached hydrogens (tertiary/aromatic N) is 2. The van der Waals surface area contributed by atoms with Gasteiger partial charge in [-0.3, -0.25) is 4.90 Å². The number of ether oxygens (including phenoxy) is 1. The molecular formula is C22H27N3O. The average Bonchev–Trinajstić information content (AvgIpc) is 2.68. The number of aryl methyl sites for hydroxylation is 1. The predicted molar refractivity (Wildman–Crippen MR) is 109 cm³/mol. The van der Waals surface area contributed by atoms with E-state index < -0.39 is 0 Å². The van der Waals surface area contributed by atoms with Gasteiger partial charge in [0.1, 0.15) is 5.82 Å². The number of fused-ring (bicyclic) bond motifs is 3. The molecule has 0 saturated carbocycles. The second kappa shape index (κ2) is 8.02. The molecule has 0 bridgehead atoms. The third-order valence-corrected chi connectivity index (χ3v) is 5.21. The Morgan fingerprint density at radius 1 is 1.08 bits per heavy atom. The molecule has 26 heavy (non-hydrogen) atoms. The number of benzene rings is 2. The minimum Gasteiger partial charge on any atom is -0.379 e. The Hall–Kier alpha value is -2.17. The molecule has 0 spiro atoms. The van der Waals surface area contributed by atoms with Crippen LogP contribution in [-0.4, -0.2) is 49.3 Å². The van der Waals surface area contributed by atoms with Crippen molar-refractivity contribution in [2.45, 2.75) is 19.8 Å². The van der Waals surface area contributed by atoms with Crippen LogP contribution < -0.4 is 5.32 Å². The fourth-order valence-electron chi connectivity index (χ4n) is 3.80. The zero-order valence-electron chi connectivity index (χ0n) is 15.5. The molecule has 4 heteroatoms. The molecular weight excluding hydrogens is 322 g/mol. The molecule has 1 saturated heterocycles. The Bertz CT molecular complexity index is 887. The molecule has 1 N–H and O–H groups in total. The van der Waals surface area contributed by atoms with Crippen molar-refractivity contribution in [1.82, 2.24) is 9.88 Å². The van der Waals surface area contributed by atoms with Crippen molar-refractivity contribution >= 4 is 27.5 Å². The van der Waals surface area contributed by atoms with Crippen molar-refractivity contribution in [1.29, 1.82) is 0 Å². The second-order valence-corrected chi connectivity index (χ2v) is 7.09. The molecule has 3 aromatic rings. The minimum atomic E-state index is 0.882. The van der Waals surface area contributed by atoms with Crippen molar-refractivity contribution in [2.24, 2.45) is 0 Å². The molecule has 1 aromatic heterocycles. The smallest absolute Gasteiger partial charge is 0.126 e. The number of hydrogen-bond donors (Lipinski definition) is 1. The molecule has 2 heterocycles. The van der Waals surface area contributed by atoms with Crippen molar-refractivity contribution in [2.75, 3.05) is 44.7 Å². The standard InChI is InChI=1S/C22H27N3O/c1-17-16-21(23-10-4-5-11-25-12-14-26-15-13-25)24-20-9-8-18-6-2-3-7-19(18)22(17)20/h2-3,6-9,16H,4-5,10-15H2,1H3,(H,23,24). The summed E-state index contributed by atoms with van der Waals surface area (Å²) in [5, 5.41) is 7.33. The fourth-order valence-corrected chi connectivity index (χ4v) is 3.80. The van der Waals surface area contributed by atoms with Gasteiger partial charge in [-0.15, -0.1) is 0 Å². The predicted octanol–water partition coefficient (Wildman–Crippen LogP) is 4.22. The number of unbranched alkanes of at least 4 members (excludes halogenated alkanes) is 1. The van der Waals surface area contributed by atoms with Crippen LogP contribution in [0.3, 0.4) is 0 Å². The maximum atomic E-state index is 5.40. The van der Waals surface area contributed by atoms with Crippen LogP contribution in [0.2, 0.25) is 0 Å². The molecule has 0 radical (unpaired) electrons. The highest BCUT2D eigenvalue weighted by atomic mass is 16.5. The Morgan fingerprint density at radius 3 is 2.81 bits per heavy atom. The van der Waals surface area contributed by atoms with Crippen LogP contribution in [-0.2, 0) is 4.74 Å². The van der Waals surface area contributed by atoms with Crippen molar-refractivity contribution < 1.29 is 4.74 Å². The Kier molecular flexibility index (Phi) is 5.32. The molecule has 0 atom stereocenters. The van der Waals surface area contributed by atoms with Crippen LogP contribution >= 0.6 is 0 Å². The quantitative estimate of drug-likeness (QED) is 0.534. The molecule has 2 aromatic carbocycles. The van der Waals surface area contributed by atoms with Gasteiger partial charge in [0, 0.05) is 25.0 Å². The highest BCUT2D eigenvalue weighted by Crippen LogP contribution is 2.28. The molecule has 4 nitrogen and oxygen atoms in total. The number of hydrogen-bond acceptors (Lipinski definition) is 4. The van der Waals surface area contributed by atoms with E-state index in [-0.39, 0.29) is 0 Å². The van der Waals surface area contributed by atoms with Crippen LogP contribution in [0.25, 0.3) is 21.7 Å². The maximum absolute atomic E-state index is 5.40. The van der Waals surface area contributed by atoms with E-state index in [0.717, 1.165) is 50.6 Å². The lowest BCUT2D eigenvalue weighted by molar-refractivity contribution is 0.0373. The lowest BCUT2D eigenvalue weighted by Gasteiger charge is -2.26. The summed E-state index contributed by atoms with van der Waals surface area (Å²) in [6.45, 7) is 8.23. The van der Waals surface area contributed by atoms with E-state index in [1.165, 1.54) is 34.7 Å². The second-order valence-electron chi connectivity index (χ2n) is 7.09. The molecule has 136 valence electrons. The number of morpholine rings is 1. The van der Waals surface area contributed by atoms with Gasteiger partial charge in [-0.25, -0.2) is 4.98 Å². The van der Waals surface area contributed by atoms with Crippen molar-refractivity contribution in [3.05, 3.63) is 48.0 Å². The molecule has 1 aliphatic rings. The molecule has 1 fully saturated rings. The SMILES string of the molecule is Cc1cc(NCCCCN2CCOCC2)nc2ccc3ccccc3c12. The van der Waals surface area contributed by atoms with E-state index in [2.05, 4.69) is 59.6 Å². The van der Waals surface area contributed by atoms with Gasteiger partial charge in [-0.1, -0.05) is 30.3 Å². The summed E-state index contributed by atoms with van der Waals surface area (Å²) in [5.74, 6) is 0.983. The summed E-state index contributed by atoms with van der Waals surface area (Å²) in [5.41, 5.74) is 2.35. The van der Waals surface area contributed by atoms with Crippen LogP contribution in [0.1, 0.15) is 18.4 Å². The number of pyridine rings is 1. The number of rotatable bonds is 6. The molecule has 4 rings (SSSR count). The van der Waals surface area contributed by atoms with E-state index >= 15 is 0 Å². The van der Waals surface area contributed by atoms with Gasteiger partial charge in [0.25, 0.3) is 0 Å². The van der Waals surface area contributed by atoms with Gasteiger partial charge in [0.05, 0.1) is 18.7 Å². The molecule has 0 amide bonds. The van der Waals surface area contributed by atoms with Crippen LogP contribution in [0, 0.1) is 6.92 Å². The van der Waals surface area contributed by atoms with Crippen molar-refractivity contribution in [3.63, 3.8) is 0 Å². The van der Waals surface area contributed by atoms with Crippen LogP contribution in [0.5, 0.6) is 0 Å². The minimum absolute atomic E-state index is 0.882. The monoisotopic (exact) mass is 349 g/mol. The maximum Gasteiger partial charge on any atom is 0.126 e. The van der Waals surface area contributed by atoms with Gasteiger partial charge in [-0.05, 0) is 54.8 Å². The Labute approximate surface area is 155 Å². The van der Waals surface area contributed by atoms with E-state index in [4.69, 9.17) is 9.72 Å². The summed E-state index contributed by atoms with van der Waals surface area (Å²) >= 11 is 0. The van der Waals surface area contributed by atoms with Gasteiger partial charge in [0.15, 0.2) is 0 Å². The first-order valence-corrected chi connectivity index (χ1v) is 9.64. The Balaban J connectivity index is 1.38. The van der Waals surface area contributed by atoms with E-state index in [1.54, 1.807) is 0 Å².